The molecule has 616 valence electrons. The molecule has 12 aromatic carbocycles. The van der Waals surface area contributed by atoms with Crippen molar-refractivity contribution in [2.24, 2.45) is 25.6 Å². The zero-order chi connectivity index (χ0) is 87.6. The Morgan fingerprint density at radius 3 is 2.01 bits per heavy atom. The maximum atomic E-state index is 13.0. The Hall–Kier alpha value is -16.3. The van der Waals surface area contributed by atoms with Crippen LogP contribution in [0, 0.1) is 37.6 Å². The van der Waals surface area contributed by atoms with Crippen molar-refractivity contribution in [2.75, 3.05) is 44.9 Å². The van der Waals surface area contributed by atoms with Crippen molar-refractivity contribution in [3.63, 3.8) is 0 Å². The number of H-pyrrole nitrogens is 2. The SMILES string of the molecule is C=C(OCCn1c2ccccc2c2c(C)c3cnccc3c(C)c21)c1ccccc1.CNC(=O)CNc1cccc(Br)c1.Cc1cc(N=Nc2c(O)c3ccccc3[nH]c2=O)ccc1N=Nc1ccc(C(=O)N(C)C)cc1.N#Cc1cc(-c2ccccc2)[nH]c1-c1nccc2ccccc12.N=Nc1ccccc1Nc1cccc2c1C(=O)c1ccccc1C2=O. The first kappa shape index (κ1) is 85.2. The van der Waals surface area contributed by atoms with Crippen LogP contribution in [0.25, 0.3) is 82.7 Å². The van der Waals surface area contributed by atoms with Gasteiger partial charge in [-0.3, -0.25) is 33.9 Å². The Kier molecular flexibility index (Phi) is 26.8. The average Bonchev–Trinajstić information content (AvgIpc) is 1.59. The summed E-state index contributed by atoms with van der Waals surface area (Å²) in [6.07, 6.45) is 5.64. The molecule has 2 amide bonds. The molecule has 24 heteroatoms. The van der Waals surface area contributed by atoms with Crippen LogP contribution in [0.15, 0.2) is 345 Å². The number of benzene rings is 12. The molecule has 125 heavy (non-hydrogen) atoms. The van der Waals surface area contributed by atoms with Crippen LogP contribution in [0.2, 0.25) is 0 Å². The second-order valence-corrected chi connectivity index (χ2v) is 30.0. The first-order valence-corrected chi connectivity index (χ1v) is 40.6. The van der Waals surface area contributed by atoms with Crippen LogP contribution < -0.4 is 21.5 Å². The second kappa shape index (κ2) is 39.3. The number of carbonyl (C=O) groups is 4. The lowest BCUT2D eigenvalue weighted by atomic mass is 9.83. The molecule has 23 nitrogen and oxygen atoms in total. The fourth-order valence-corrected chi connectivity index (χ4v) is 15.0. The first-order chi connectivity index (χ1) is 60.8. The Labute approximate surface area is 727 Å². The van der Waals surface area contributed by atoms with Crippen molar-refractivity contribution >= 4 is 145 Å². The number of nitriles is 1. The number of halogens is 1. The summed E-state index contributed by atoms with van der Waals surface area (Å²) >= 11 is 3.35. The monoisotopic (exact) mass is 1710 g/mol. The number of aromatic nitrogens is 5. The molecular weight excluding hydrogens is 1630 g/mol. The summed E-state index contributed by atoms with van der Waals surface area (Å²) in [5.41, 5.74) is 24.6. The summed E-state index contributed by atoms with van der Waals surface area (Å²) in [4.78, 5) is 77.3. The predicted molar refractivity (Wildman–Crippen MR) is 499 cm³/mol. The lowest BCUT2D eigenvalue weighted by Gasteiger charge is -2.21. The minimum absolute atomic E-state index is 0.0278. The van der Waals surface area contributed by atoms with Gasteiger partial charge in [-0.05, 0) is 169 Å². The molecule has 1 aliphatic rings. The highest BCUT2D eigenvalue weighted by Crippen LogP contribution is 2.41. The molecular formula is C101H83BrN16O7. The summed E-state index contributed by atoms with van der Waals surface area (Å²) in [5, 5.41) is 56.4. The Balaban J connectivity index is 0.000000130. The molecule has 0 aliphatic heterocycles. The molecule has 1 aliphatic carbocycles. The van der Waals surface area contributed by atoms with Gasteiger partial charge in [0.2, 0.25) is 5.91 Å². The number of nitrogens with one attached hydrogen (secondary N) is 6. The number of aryl methyl sites for hydroxylation is 3. The number of aromatic hydroxyl groups is 1. The van der Waals surface area contributed by atoms with Crippen molar-refractivity contribution in [1.82, 2.24) is 34.7 Å². The van der Waals surface area contributed by atoms with Gasteiger partial charge in [-0.2, -0.15) is 25.7 Å². The second-order valence-electron chi connectivity index (χ2n) is 29.1. The standard InChI is InChI=1S/C27H24N2O.C25H22N6O3.C20H13N3O2.C20H13N3.C9H11BrN2O/c1-18-24-17-28-14-13-22(24)19(2)27-26(18)23-11-7-8-12-25(23)29(27)15-16-30-20(3)21-9-5-4-6-10-21;1-15-14-18(28-30-22-23(32)19-6-4-5-7-21(19)26-24(22)33)12-13-20(15)29-27-17-10-8-16(9-11-17)25(34)31(2)3;21-23-16-10-4-3-9-15(16)22-17-11-5-8-14-18(17)20(25)13-7-2-1-6-12(13)19(14)24;21-13-16-12-18(15-7-2-1-3-8-15)23-19(16)20-17-9-5-4-6-14(17)10-11-22-20;1-11-9(13)6-12-8-4-2-3-7(10)5-8/h4-14,17H,3,15-16H2,1-2H3;4-14H,1-3H3,(H2,26,32,33);1-11,21-22H;1-12,23H;2-5,12H,6H2,1H3,(H,11,13). The number of amides is 2. The lowest BCUT2D eigenvalue weighted by molar-refractivity contribution is -0.118. The minimum Gasteiger partial charge on any atom is -0.505 e. The molecule has 0 spiro atoms. The Morgan fingerprint density at radius 1 is 0.616 bits per heavy atom. The smallest absolute Gasteiger partial charge is 0.280 e. The largest absolute Gasteiger partial charge is 0.505 e. The zero-order valence-electron chi connectivity index (χ0n) is 68.9. The quantitative estimate of drug-likeness (QED) is 0.0311. The summed E-state index contributed by atoms with van der Waals surface area (Å²) in [5.74, 6) is 0.0355. The van der Waals surface area contributed by atoms with Crippen molar-refractivity contribution in [2.45, 2.75) is 27.3 Å². The number of pyridine rings is 3. The van der Waals surface area contributed by atoms with E-state index in [1.807, 2.05) is 147 Å². The van der Waals surface area contributed by atoms with Gasteiger partial charge in [-0.25, -0.2) is 5.53 Å². The molecule has 0 atom stereocenters. The molecule has 5 aromatic heterocycles. The molecule has 18 rings (SSSR count). The fourth-order valence-electron chi connectivity index (χ4n) is 14.6. The maximum Gasteiger partial charge on any atom is 0.280 e. The third kappa shape index (κ3) is 19.3. The van der Waals surface area contributed by atoms with Gasteiger partial charge in [-0.15, -0.1) is 5.11 Å². The van der Waals surface area contributed by atoms with E-state index < -0.39 is 5.56 Å². The van der Waals surface area contributed by atoms with Crippen LogP contribution in [0.3, 0.4) is 0 Å². The molecule has 0 fully saturated rings. The number of ether oxygens (including phenoxy) is 1. The number of hydrogen-bond acceptors (Lipinski definition) is 18. The summed E-state index contributed by atoms with van der Waals surface area (Å²) in [6, 6.07) is 90.7. The number of rotatable bonds is 18. The van der Waals surface area contributed by atoms with E-state index in [1.54, 1.807) is 155 Å². The molecule has 5 heterocycles. The molecule has 0 bridgehead atoms. The fraction of sp³-hybridized carbons (Fsp3) is 0.0891. The number of likely N-dealkylation sites (N-methyl/N-ethyl adjacent to an activating group) is 1. The van der Waals surface area contributed by atoms with E-state index in [-0.39, 0.29) is 34.8 Å². The number of fused-ring (bicyclic) bond motifs is 8. The van der Waals surface area contributed by atoms with Crippen LogP contribution >= 0.6 is 15.9 Å². The number of anilines is 3. The number of nitrogens with zero attached hydrogens (tertiary/aromatic N) is 10. The first-order valence-electron chi connectivity index (χ1n) is 39.8. The van der Waals surface area contributed by atoms with Gasteiger partial charge in [0.05, 0.1) is 75.1 Å². The Bertz CT molecular complexity index is 7130. The van der Waals surface area contributed by atoms with Gasteiger partial charge in [0, 0.05) is 116 Å². The lowest BCUT2D eigenvalue weighted by Crippen LogP contribution is -2.26. The highest BCUT2D eigenvalue weighted by molar-refractivity contribution is 9.10. The summed E-state index contributed by atoms with van der Waals surface area (Å²) in [6.45, 7) is 12.0. The molecule has 0 saturated carbocycles. The van der Waals surface area contributed by atoms with Gasteiger partial charge in [0.15, 0.2) is 23.0 Å². The van der Waals surface area contributed by atoms with Crippen molar-refractivity contribution in [1.29, 1.82) is 10.8 Å². The third-order valence-corrected chi connectivity index (χ3v) is 21.4. The van der Waals surface area contributed by atoms with Crippen molar-refractivity contribution < 1.29 is 29.0 Å². The number of para-hydroxylation sites is 4. The highest BCUT2D eigenvalue weighted by atomic mass is 79.9. The predicted octanol–water partition coefficient (Wildman–Crippen LogP) is 24.0. The van der Waals surface area contributed by atoms with Crippen LogP contribution in [-0.4, -0.2) is 92.2 Å². The van der Waals surface area contributed by atoms with Crippen LogP contribution in [0.4, 0.5) is 45.5 Å². The number of ketones is 2. The normalized spacial score (nSPS) is 11.2. The van der Waals surface area contributed by atoms with Gasteiger partial charge < -0.3 is 45.2 Å². The van der Waals surface area contributed by atoms with Gasteiger partial charge >= 0.3 is 0 Å². The van der Waals surface area contributed by atoms with Gasteiger partial charge in [-0.1, -0.05) is 192 Å². The van der Waals surface area contributed by atoms with E-state index in [2.05, 4.69) is 139 Å². The van der Waals surface area contributed by atoms with E-state index in [4.69, 9.17) is 10.3 Å². The molecule has 0 radical (unpaired) electrons. The van der Waals surface area contributed by atoms with E-state index in [1.165, 1.54) is 48.6 Å². The topological polar surface area (TPSA) is 326 Å². The van der Waals surface area contributed by atoms with E-state index in [0.717, 1.165) is 61.2 Å². The van der Waals surface area contributed by atoms with E-state index in [9.17, 15) is 34.3 Å². The average molecular weight is 1710 g/mol. The van der Waals surface area contributed by atoms with E-state index in [0.29, 0.717) is 97.3 Å². The van der Waals surface area contributed by atoms with Gasteiger partial charge in [0.1, 0.15) is 24.1 Å². The van der Waals surface area contributed by atoms with Crippen molar-refractivity contribution in [3.05, 3.63) is 381 Å². The Morgan fingerprint density at radius 2 is 1.27 bits per heavy atom. The van der Waals surface area contributed by atoms with E-state index >= 15 is 0 Å². The number of hydrogen-bond donors (Lipinski definition) is 7. The number of carbonyl (C=O) groups excluding carboxylic acids is 4. The highest BCUT2D eigenvalue weighted by Gasteiger charge is 2.32. The summed E-state index contributed by atoms with van der Waals surface area (Å²) < 4.78 is 9.42. The molecule has 0 saturated heterocycles. The van der Waals surface area contributed by atoms with Gasteiger partial charge in [0.25, 0.3) is 11.5 Å². The zero-order valence-corrected chi connectivity index (χ0v) is 70.5. The maximum absolute atomic E-state index is 13.0. The minimum atomic E-state index is -0.527. The molecule has 17 aromatic rings. The molecule has 0 unspecified atom stereocenters. The van der Waals surface area contributed by atoms with Crippen molar-refractivity contribution in [3.8, 4) is 34.5 Å². The van der Waals surface area contributed by atoms with Crippen LogP contribution in [0.1, 0.15) is 70.0 Å². The number of aromatic amines is 2. The third-order valence-electron chi connectivity index (χ3n) is 20.9. The number of azo groups is 2. The van der Waals surface area contributed by atoms with Crippen LogP contribution in [0.5, 0.6) is 5.75 Å². The molecule has 7 N–H and O–H groups in total. The summed E-state index contributed by atoms with van der Waals surface area (Å²) in [7, 11) is 5.01. The van der Waals surface area contributed by atoms with Crippen LogP contribution in [-0.2, 0) is 16.1 Å².